The maximum Gasteiger partial charge on any atom is 0.237 e. The fourth-order valence-electron chi connectivity index (χ4n) is 0.773. The summed E-state index contributed by atoms with van der Waals surface area (Å²) in [6.07, 6.45) is 0. The molecule has 60 valence electrons. The van der Waals surface area contributed by atoms with Gasteiger partial charge in [0.1, 0.15) is 0 Å². The molecule has 0 spiro atoms. The van der Waals surface area contributed by atoms with Crippen molar-refractivity contribution in [1.29, 1.82) is 0 Å². The lowest BCUT2D eigenvalue weighted by Crippen LogP contribution is -2.38. The predicted octanol–water partition coefficient (Wildman–Crippen LogP) is -0.826. The summed E-state index contributed by atoms with van der Waals surface area (Å²) in [7, 11) is 3.83. The number of nitrogens with two attached hydrogens (primary N) is 1. The molecule has 0 rings (SSSR count). The van der Waals surface area contributed by atoms with E-state index >= 15 is 0 Å². The summed E-state index contributed by atoms with van der Waals surface area (Å²) in [4.78, 5) is 12.7. The summed E-state index contributed by atoms with van der Waals surface area (Å²) in [5, 5.41) is 0. The van der Waals surface area contributed by atoms with Gasteiger partial charge in [-0.3, -0.25) is 10.2 Å². The van der Waals surface area contributed by atoms with Gasteiger partial charge in [-0.25, -0.2) is 5.84 Å². The van der Waals surface area contributed by atoms with Crippen LogP contribution in [0.5, 0.6) is 0 Å². The standard InChI is InChI=1S/C6H15N3O/c1-5(4-9(2)3)6(10)8-7/h5H,4,7H2,1-3H3,(H,8,10). The van der Waals surface area contributed by atoms with Crippen molar-refractivity contribution in [3.63, 3.8) is 0 Å². The van der Waals surface area contributed by atoms with Gasteiger partial charge in [-0.05, 0) is 14.1 Å². The van der Waals surface area contributed by atoms with Gasteiger partial charge in [0.15, 0.2) is 0 Å². The number of hydrazine groups is 1. The molecule has 0 aliphatic carbocycles. The number of carbonyl (C=O) groups is 1. The molecule has 0 saturated carbocycles. The molecule has 4 heteroatoms. The SMILES string of the molecule is CC(CN(C)C)C(=O)NN. The average molecular weight is 145 g/mol. The van der Waals surface area contributed by atoms with E-state index in [1.54, 1.807) is 0 Å². The molecular weight excluding hydrogens is 130 g/mol. The van der Waals surface area contributed by atoms with Gasteiger partial charge in [-0.1, -0.05) is 6.92 Å². The molecule has 0 aromatic rings. The van der Waals surface area contributed by atoms with E-state index in [1.807, 2.05) is 25.9 Å². The fraction of sp³-hybridized carbons (Fsp3) is 0.833. The molecule has 0 aromatic heterocycles. The number of nitrogens with one attached hydrogen (secondary N) is 1. The van der Waals surface area contributed by atoms with Crippen molar-refractivity contribution in [1.82, 2.24) is 10.3 Å². The lowest BCUT2D eigenvalue weighted by Gasteiger charge is -2.14. The lowest BCUT2D eigenvalue weighted by molar-refractivity contribution is -0.124. The van der Waals surface area contributed by atoms with Crippen molar-refractivity contribution >= 4 is 5.91 Å². The Balaban J connectivity index is 3.61. The van der Waals surface area contributed by atoms with Crippen LogP contribution in [0.2, 0.25) is 0 Å². The van der Waals surface area contributed by atoms with Crippen LogP contribution in [0.25, 0.3) is 0 Å². The Morgan fingerprint density at radius 2 is 2.20 bits per heavy atom. The van der Waals surface area contributed by atoms with Crippen LogP contribution >= 0.6 is 0 Å². The van der Waals surface area contributed by atoms with E-state index in [9.17, 15) is 4.79 Å². The van der Waals surface area contributed by atoms with Crippen LogP contribution in [-0.4, -0.2) is 31.4 Å². The normalized spacial score (nSPS) is 13.3. The fourth-order valence-corrected chi connectivity index (χ4v) is 0.773. The predicted molar refractivity (Wildman–Crippen MR) is 40.0 cm³/mol. The highest BCUT2D eigenvalue weighted by Crippen LogP contribution is 1.94. The Labute approximate surface area is 61.3 Å². The van der Waals surface area contributed by atoms with Crippen LogP contribution in [0.4, 0.5) is 0 Å². The number of carbonyl (C=O) groups excluding carboxylic acids is 1. The van der Waals surface area contributed by atoms with E-state index in [0.29, 0.717) is 0 Å². The number of hydrogen-bond acceptors (Lipinski definition) is 3. The summed E-state index contributed by atoms with van der Waals surface area (Å²) < 4.78 is 0. The molecular formula is C6H15N3O. The minimum Gasteiger partial charge on any atom is -0.309 e. The topological polar surface area (TPSA) is 58.4 Å². The number of nitrogens with zero attached hydrogens (tertiary/aromatic N) is 1. The van der Waals surface area contributed by atoms with Crippen molar-refractivity contribution in [3.8, 4) is 0 Å². The number of hydrogen-bond donors (Lipinski definition) is 2. The Hall–Kier alpha value is -0.610. The van der Waals surface area contributed by atoms with Crippen LogP contribution in [0.1, 0.15) is 6.92 Å². The molecule has 0 aliphatic rings. The molecule has 0 bridgehead atoms. The second kappa shape index (κ2) is 4.24. The molecule has 0 fully saturated rings. The monoisotopic (exact) mass is 145 g/mol. The highest BCUT2D eigenvalue weighted by Gasteiger charge is 2.10. The minimum absolute atomic E-state index is 0.0417. The Bertz CT molecular complexity index is 114. The van der Waals surface area contributed by atoms with E-state index in [2.05, 4.69) is 5.43 Å². The Kier molecular flexibility index (Phi) is 3.99. The first kappa shape index (κ1) is 9.39. The first-order valence-electron chi connectivity index (χ1n) is 3.23. The zero-order valence-electron chi connectivity index (χ0n) is 6.72. The van der Waals surface area contributed by atoms with Crippen molar-refractivity contribution in [2.45, 2.75) is 6.92 Å². The second-order valence-corrected chi connectivity index (χ2v) is 2.67. The second-order valence-electron chi connectivity index (χ2n) is 2.67. The Morgan fingerprint density at radius 3 is 2.50 bits per heavy atom. The van der Waals surface area contributed by atoms with Gasteiger partial charge < -0.3 is 4.90 Å². The van der Waals surface area contributed by atoms with Gasteiger partial charge in [0, 0.05) is 12.5 Å². The molecule has 0 aliphatic heterocycles. The van der Waals surface area contributed by atoms with Crippen molar-refractivity contribution in [3.05, 3.63) is 0 Å². The molecule has 0 saturated heterocycles. The summed E-state index contributed by atoms with van der Waals surface area (Å²) in [5.41, 5.74) is 2.10. The molecule has 10 heavy (non-hydrogen) atoms. The van der Waals surface area contributed by atoms with Gasteiger partial charge in [-0.15, -0.1) is 0 Å². The third-order valence-corrected chi connectivity index (χ3v) is 1.23. The largest absolute Gasteiger partial charge is 0.309 e. The van der Waals surface area contributed by atoms with Gasteiger partial charge in [-0.2, -0.15) is 0 Å². The molecule has 1 atom stereocenters. The number of rotatable bonds is 3. The minimum atomic E-state index is -0.117. The summed E-state index contributed by atoms with van der Waals surface area (Å²) in [6, 6.07) is 0. The van der Waals surface area contributed by atoms with E-state index < -0.39 is 0 Å². The van der Waals surface area contributed by atoms with E-state index in [0.717, 1.165) is 6.54 Å². The van der Waals surface area contributed by atoms with Crippen LogP contribution in [0, 0.1) is 5.92 Å². The first-order chi connectivity index (χ1) is 4.57. The smallest absolute Gasteiger partial charge is 0.237 e. The third-order valence-electron chi connectivity index (χ3n) is 1.23. The number of amides is 1. The van der Waals surface area contributed by atoms with Crippen LogP contribution < -0.4 is 11.3 Å². The van der Waals surface area contributed by atoms with Crippen molar-refractivity contribution < 1.29 is 4.79 Å². The van der Waals surface area contributed by atoms with Gasteiger partial charge >= 0.3 is 0 Å². The van der Waals surface area contributed by atoms with Gasteiger partial charge in [0.05, 0.1) is 0 Å². The molecule has 4 nitrogen and oxygen atoms in total. The quantitative estimate of drug-likeness (QED) is 0.310. The van der Waals surface area contributed by atoms with E-state index in [-0.39, 0.29) is 11.8 Å². The molecule has 3 N–H and O–H groups in total. The van der Waals surface area contributed by atoms with E-state index in [4.69, 9.17) is 5.84 Å². The molecule has 0 aromatic carbocycles. The summed E-state index contributed by atoms with van der Waals surface area (Å²) in [6.45, 7) is 2.56. The molecule has 0 heterocycles. The molecule has 1 unspecified atom stereocenters. The Morgan fingerprint density at radius 1 is 1.70 bits per heavy atom. The van der Waals surface area contributed by atoms with E-state index in [1.165, 1.54) is 0 Å². The maximum absolute atomic E-state index is 10.8. The average Bonchev–Trinajstić information content (AvgIpc) is 1.85. The summed E-state index contributed by atoms with van der Waals surface area (Å²) in [5.74, 6) is 4.77. The van der Waals surface area contributed by atoms with Gasteiger partial charge in [0.25, 0.3) is 0 Å². The van der Waals surface area contributed by atoms with Gasteiger partial charge in [0.2, 0.25) is 5.91 Å². The highest BCUT2D eigenvalue weighted by molar-refractivity contribution is 5.77. The molecule has 1 amide bonds. The highest BCUT2D eigenvalue weighted by atomic mass is 16.2. The zero-order valence-corrected chi connectivity index (χ0v) is 6.72. The van der Waals surface area contributed by atoms with Crippen LogP contribution in [-0.2, 0) is 4.79 Å². The first-order valence-corrected chi connectivity index (χ1v) is 3.23. The van der Waals surface area contributed by atoms with Crippen LogP contribution in [0.3, 0.4) is 0 Å². The van der Waals surface area contributed by atoms with Crippen molar-refractivity contribution in [2.75, 3.05) is 20.6 Å². The van der Waals surface area contributed by atoms with Crippen molar-refractivity contribution in [2.24, 2.45) is 11.8 Å². The summed E-state index contributed by atoms with van der Waals surface area (Å²) >= 11 is 0. The zero-order chi connectivity index (χ0) is 8.15. The maximum atomic E-state index is 10.8. The molecule has 0 radical (unpaired) electrons. The third kappa shape index (κ3) is 3.42. The lowest BCUT2D eigenvalue weighted by atomic mass is 10.1. The van der Waals surface area contributed by atoms with Crippen LogP contribution in [0.15, 0.2) is 0 Å².